The number of hydrogen-bond acceptors (Lipinski definition) is 4. The smallest absolute Gasteiger partial charge is 0.870 e. The van der Waals surface area contributed by atoms with Crippen LogP contribution in [0.1, 0.15) is 59.2 Å². The molecule has 1 aliphatic carbocycles. The summed E-state index contributed by atoms with van der Waals surface area (Å²) in [4.78, 5) is 37.4. The number of benzene rings is 2. The van der Waals surface area contributed by atoms with E-state index >= 15 is 0 Å². The number of carboxylic acids is 1. The van der Waals surface area contributed by atoms with Gasteiger partial charge in [0.15, 0.2) is 11.6 Å². The number of amides is 3. The fourth-order valence-electron chi connectivity index (χ4n) is 4.55. The Labute approximate surface area is 220 Å². The number of aliphatic carboxylic acids is 1. The van der Waals surface area contributed by atoms with Crippen molar-refractivity contribution in [1.29, 1.82) is 0 Å². The maximum absolute atomic E-state index is 14.0. The standard InChI is InChI=1S/C25H29F2N3O4.Li.H2O/c1-13-9-14(2)21(15(3)10-13)30-25(34)28-20-12-19(27)18(26)11-17(20)23(31)29-22(24(32)33)16-7-5-4-6-8-16;;/h9-12,16,22H,4-8H2,1-3H3,(H,29,31)(H,32,33)(H2,28,30,34);;1H2/q;+1;/p-1/t22-;;/m0../s1. The van der Waals surface area contributed by atoms with E-state index in [0.29, 0.717) is 30.7 Å². The predicted molar refractivity (Wildman–Crippen MR) is 127 cm³/mol. The SMILES string of the molecule is Cc1cc(C)c(NC(=O)Nc2cc(F)c(F)cc2C(=O)N[C@H](C(=O)O)C2CCCCC2)c(C)c1.[Li+].[OH-]. The van der Waals surface area contributed by atoms with E-state index in [4.69, 9.17) is 0 Å². The summed E-state index contributed by atoms with van der Waals surface area (Å²) in [5.74, 6) is -4.90. The summed E-state index contributed by atoms with van der Waals surface area (Å²) in [5, 5.41) is 17.1. The van der Waals surface area contributed by atoms with Crippen LogP contribution in [-0.4, -0.2) is 34.5 Å². The minimum atomic E-state index is -1.29. The van der Waals surface area contributed by atoms with Crippen LogP contribution in [-0.2, 0) is 4.79 Å². The van der Waals surface area contributed by atoms with Gasteiger partial charge in [-0.1, -0.05) is 37.0 Å². The maximum atomic E-state index is 14.0. The van der Waals surface area contributed by atoms with Gasteiger partial charge >= 0.3 is 30.9 Å². The minimum Gasteiger partial charge on any atom is -0.870 e. The van der Waals surface area contributed by atoms with Gasteiger partial charge in [-0.25, -0.2) is 18.4 Å². The molecule has 0 radical (unpaired) electrons. The Balaban J connectivity index is 0.00000324. The van der Waals surface area contributed by atoms with Gasteiger partial charge in [0.25, 0.3) is 5.91 Å². The molecular weight excluding hydrogens is 467 g/mol. The molecule has 8 nitrogen and oxygen atoms in total. The third kappa shape index (κ3) is 7.53. The third-order valence-electron chi connectivity index (χ3n) is 6.14. The molecule has 2 aromatic carbocycles. The van der Waals surface area contributed by atoms with E-state index in [1.807, 2.05) is 32.9 Å². The van der Waals surface area contributed by atoms with Crippen LogP contribution in [0.2, 0.25) is 0 Å². The third-order valence-corrected chi connectivity index (χ3v) is 6.14. The van der Waals surface area contributed by atoms with Crippen molar-refractivity contribution in [1.82, 2.24) is 5.32 Å². The van der Waals surface area contributed by atoms with Gasteiger partial charge in [0.1, 0.15) is 6.04 Å². The summed E-state index contributed by atoms with van der Waals surface area (Å²) in [6.45, 7) is 5.57. The number of aryl methyl sites for hydroxylation is 3. The van der Waals surface area contributed by atoms with Gasteiger partial charge in [0.2, 0.25) is 0 Å². The number of nitrogens with one attached hydrogen (secondary N) is 3. The summed E-state index contributed by atoms with van der Waals surface area (Å²) in [5.41, 5.74) is 2.56. The first-order chi connectivity index (χ1) is 16.1. The van der Waals surface area contributed by atoms with Crippen molar-refractivity contribution >= 4 is 29.3 Å². The zero-order valence-electron chi connectivity index (χ0n) is 20.9. The van der Waals surface area contributed by atoms with Gasteiger partial charge in [-0.05, 0) is 56.7 Å². The Kier molecular flexibility index (Phi) is 11.6. The number of carbonyl (C=O) groups is 3. The fraction of sp³-hybridized carbons (Fsp3) is 0.400. The first-order valence-corrected chi connectivity index (χ1v) is 11.3. The largest absolute Gasteiger partial charge is 1.00 e. The summed E-state index contributed by atoms with van der Waals surface area (Å²) >= 11 is 0. The van der Waals surface area contributed by atoms with Crippen LogP contribution in [0.15, 0.2) is 24.3 Å². The Bertz CT molecular complexity index is 1100. The molecule has 5 N–H and O–H groups in total. The Morgan fingerprint density at radius 1 is 0.917 bits per heavy atom. The molecule has 190 valence electrons. The summed E-state index contributed by atoms with van der Waals surface area (Å²) in [6, 6.07) is 3.21. The van der Waals surface area contributed by atoms with Crippen LogP contribution >= 0.6 is 0 Å². The maximum Gasteiger partial charge on any atom is 1.00 e. The quantitative estimate of drug-likeness (QED) is 0.453. The van der Waals surface area contributed by atoms with Gasteiger partial charge < -0.3 is 26.5 Å². The van der Waals surface area contributed by atoms with Crippen molar-refractivity contribution in [2.45, 2.75) is 58.9 Å². The molecule has 1 aliphatic rings. The number of hydrogen-bond donors (Lipinski definition) is 4. The monoisotopic (exact) mass is 497 g/mol. The first kappa shape index (κ1) is 31.1. The van der Waals surface area contributed by atoms with Crippen LogP contribution in [0.4, 0.5) is 25.0 Å². The van der Waals surface area contributed by atoms with E-state index in [0.717, 1.165) is 36.0 Å². The van der Waals surface area contributed by atoms with Crippen molar-refractivity contribution in [3.8, 4) is 0 Å². The second-order valence-electron chi connectivity index (χ2n) is 8.85. The van der Waals surface area contributed by atoms with E-state index in [1.165, 1.54) is 0 Å². The molecule has 0 aliphatic heterocycles. The first-order valence-electron chi connectivity index (χ1n) is 11.3. The molecule has 1 fully saturated rings. The molecule has 0 aromatic heterocycles. The number of anilines is 2. The van der Waals surface area contributed by atoms with E-state index in [9.17, 15) is 28.3 Å². The topological polar surface area (TPSA) is 138 Å². The molecule has 11 heteroatoms. The van der Waals surface area contributed by atoms with E-state index in [2.05, 4.69) is 16.0 Å². The number of halogens is 2. The molecule has 0 unspecified atom stereocenters. The van der Waals surface area contributed by atoms with Crippen LogP contribution in [0.25, 0.3) is 0 Å². The molecule has 0 bridgehead atoms. The van der Waals surface area contributed by atoms with Crippen LogP contribution in [0.3, 0.4) is 0 Å². The van der Waals surface area contributed by atoms with Crippen molar-refractivity contribution in [3.63, 3.8) is 0 Å². The molecule has 1 atom stereocenters. The van der Waals surface area contributed by atoms with Gasteiger partial charge in [-0.2, -0.15) is 0 Å². The van der Waals surface area contributed by atoms with Gasteiger partial charge in [-0.15, -0.1) is 0 Å². The Hall–Kier alpha value is -2.93. The van der Waals surface area contributed by atoms with Crippen LogP contribution < -0.4 is 34.8 Å². The fourth-order valence-corrected chi connectivity index (χ4v) is 4.55. The zero-order chi connectivity index (χ0) is 25.0. The molecular formula is C25H30F2LiN3O5. The zero-order valence-corrected chi connectivity index (χ0v) is 20.9. The molecule has 0 heterocycles. The molecule has 0 spiro atoms. The van der Waals surface area contributed by atoms with Crippen molar-refractivity contribution in [2.75, 3.05) is 10.6 Å². The average Bonchev–Trinajstić information content (AvgIpc) is 2.77. The molecule has 36 heavy (non-hydrogen) atoms. The van der Waals surface area contributed by atoms with E-state index < -0.39 is 35.6 Å². The predicted octanol–water partition coefficient (Wildman–Crippen LogP) is 2.12. The van der Waals surface area contributed by atoms with Gasteiger partial charge in [-0.3, -0.25) is 4.79 Å². The van der Waals surface area contributed by atoms with E-state index in [-0.39, 0.29) is 41.5 Å². The summed E-state index contributed by atoms with van der Waals surface area (Å²) in [6.07, 6.45) is 4.03. The number of rotatable bonds is 6. The molecule has 1 saturated carbocycles. The van der Waals surface area contributed by atoms with Crippen molar-refractivity contribution < 1.29 is 52.6 Å². The Morgan fingerprint density at radius 2 is 1.47 bits per heavy atom. The van der Waals surface area contributed by atoms with E-state index in [1.54, 1.807) is 0 Å². The second kappa shape index (κ2) is 13.4. The van der Waals surface area contributed by atoms with Crippen molar-refractivity contribution in [3.05, 3.63) is 58.2 Å². The number of carboxylic acid groups (broad SMARTS) is 1. The number of urea groups is 1. The second-order valence-corrected chi connectivity index (χ2v) is 8.85. The van der Waals surface area contributed by atoms with Gasteiger partial charge in [0, 0.05) is 11.8 Å². The van der Waals surface area contributed by atoms with Crippen molar-refractivity contribution in [2.24, 2.45) is 5.92 Å². The molecule has 3 rings (SSSR count). The normalized spacial score (nSPS) is 14.0. The number of carbonyl (C=O) groups excluding carboxylic acids is 2. The van der Waals surface area contributed by atoms with Crippen LogP contribution in [0, 0.1) is 38.3 Å². The molecule has 2 aromatic rings. The molecule has 0 saturated heterocycles. The molecule has 3 amide bonds. The minimum absolute atomic E-state index is 0. The summed E-state index contributed by atoms with van der Waals surface area (Å²) in [7, 11) is 0. The summed E-state index contributed by atoms with van der Waals surface area (Å²) < 4.78 is 28.0. The van der Waals surface area contributed by atoms with Crippen LogP contribution in [0.5, 0.6) is 0 Å². The average molecular weight is 497 g/mol. The van der Waals surface area contributed by atoms with Gasteiger partial charge in [0.05, 0.1) is 11.3 Å². The Morgan fingerprint density at radius 3 is 2.03 bits per heavy atom.